The zero-order valence-electron chi connectivity index (χ0n) is 17.1. The number of anilines is 1. The van der Waals surface area contributed by atoms with Crippen LogP contribution in [0.4, 0.5) is 5.82 Å². The van der Waals surface area contributed by atoms with Crippen LogP contribution in [0.3, 0.4) is 0 Å². The van der Waals surface area contributed by atoms with Crippen LogP contribution in [-0.4, -0.2) is 39.7 Å². The minimum Gasteiger partial charge on any atom is -0.473 e. The molecular formula is C22H27N5O2. The van der Waals surface area contributed by atoms with Crippen LogP contribution in [0, 0.1) is 0 Å². The molecule has 1 fully saturated rings. The van der Waals surface area contributed by atoms with E-state index in [0.29, 0.717) is 22.9 Å². The van der Waals surface area contributed by atoms with Crippen molar-refractivity contribution in [2.75, 3.05) is 18.4 Å². The summed E-state index contributed by atoms with van der Waals surface area (Å²) in [5.74, 6) is 0.832. The van der Waals surface area contributed by atoms with Crippen LogP contribution in [0.15, 0.2) is 42.6 Å². The van der Waals surface area contributed by atoms with Gasteiger partial charge in [0.25, 0.3) is 5.91 Å². The highest BCUT2D eigenvalue weighted by Gasteiger charge is 2.17. The Hall–Kier alpha value is -2.93. The molecule has 0 aliphatic carbocycles. The van der Waals surface area contributed by atoms with Gasteiger partial charge in [-0.3, -0.25) is 4.79 Å². The number of carbonyl (C=O) groups is 1. The lowest BCUT2D eigenvalue weighted by Gasteiger charge is -2.23. The summed E-state index contributed by atoms with van der Waals surface area (Å²) >= 11 is 0. The van der Waals surface area contributed by atoms with Crippen molar-refractivity contribution in [2.45, 2.75) is 45.1 Å². The average Bonchev–Trinajstić information content (AvgIpc) is 3.09. The van der Waals surface area contributed by atoms with Crippen molar-refractivity contribution in [3.8, 4) is 5.88 Å². The number of piperidine rings is 1. The third-order valence-electron chi connectivity index (χ3n) is 5.12. The zero-order chi connectivity index (χ0) is 20.4. The number of hydrogen-bond donors (Lipinski definition) is 2. The molecule has 0 spiro atoms. The number of benzene rings is 1. The molecule has 0 bridgehead atoms. The van der Waals surface area contributed by atoms with Crippen molar-refractivity contribution < 1.29 is 9.53 Å². The van der Waals surface area contributed by atoms with Gasteiger partial charge in [-0.25, -0.2) is 9.50 Å². The number of fused-ring (bicyclic) bond motifs is 1. The third kappa shape index (κ3) is 4.56. The van der Waals surface area contributed by atoms with Gasteiger partial charge in [-0.05, 0) is 55.1 Å². The van der Waals surface area contributed by atoms with Gasteiger partial charge in [0.2, 0.25) is 5.88 Å². The number of carbonyl (C=O) groups excluding carboxylic acids is 1. The molecule has 3 aromatic rings. The average molecular weight is 393 g/mol. The number of ether oxygens (including phenoxy) is 1. The number of imidazole rings is 1. The van der Waals surface area contributed by atoms with Gasteiger partial charge in [-0.1, -0.05) is 32.9 Å². The summed E-state index contributed by atoms with van der Waals surface area (Å²) < 4.78 is 7.61. The molecule has 2 N–H and O–H groups in total. The Bertz CT molecular complexity index is 998. The highest BCUT2D eigenvalue weighted by molar-refractivity contribution is 6.03. The van der Waals surface area contributed by atoms with Crippen molar-refractivity contribution in [2.24, 2.45) is 0 Å². The van der Waals surface area contributed by atoms with Crippen LogP contribution in [0.2, 0.25) is 0 Å². The van der Waals surface area contributed by atoms with E-state index in [1.807, 2.05) is 36.4 Å². The predicted molar refractivity (Wildman–Crippen MR) is 113 cm³/mol. The number of nitrogens with one attached hydrogen (secondary N) is 2. The molecule has 0 unspecified atom stereocenters. The molecule has 1 aliphatic heterocycles. The number of rotatable bonds is 4. The second-order valence-corrected chi connectivity index (χ2v) is 8.45. The Morgan fingerprint density at radius 3 is 2.55 bits per heavy atom. The van der Waals surface area contributed by atoms with E-state index in [2.05, 4.69) is 41.5 Å². The molecule has 1 aromatic carbocycles. The lowest BCUT2D eigenvalue weighted by Crippen LogP contribution is -2.34. The summed E-state index contributed by atoms with van der Waals surface area (Å²) in [5, 5.41) is 10.6. The molecule has 2 aromatic heterocycles. The Morgan fingerprint density at radius 1 is 1.14 bits per heavy atom. The monoisotopic (exact) mass is 393 g/mol. The fraction of sp³-hybridized carbons (Fsp3) is 0.409. The standard InChI is InChI=1S/C22H27N5O2/c1-22(2,3)16-6-4-15(5-7-16)21(28)25-18-14-27-19(24-18)8-9-20(26-27)29-17-10-12-23-13-11-17/h4-9,14,17,23H,10-13H2,1-3H3,(H,25,28). The topological polar surface area (TPSA) is 80.6 Å². The maximum absolute atomic E-state index is 12.6. The smallest absolute Gasteiger partial charge is 0.256 e. The number of nitrogens with zero attached hydrogens (tertiary/aromatic N) is 3. The van der Waals surface area contributed by atoms with Crippen LogP contribution in [-0.2, 0) is 5.41 Å². The summed E-state index contributed by atoms with van der Waals surface area (Å²) in [6, 6.07) is 11.3. The highest BCUT2D eigenvalue weighted by atomic mass is 16.5. The van der Waals surface area contributed by atoms with Gasteiger partial charge >= 0.3 is 0 Å². The van der Waals surface area contributed by atoms with E-state index in [9.17, 15) is 4.79 Å². The maximum atomic E-state index is 12.6. The minimum absolute atomic E-state index is 0.0518. The Kier molecular flexibility index (Phi) is 5.24. The molecule has 4 rings (SSSR count). The van der Waals surface area contributed by atoms with Crippen molar-refractivity contribution in [3.05, 3.63) is 53.7 Å². The molecule has 1 saturated heterocycles. The van der Waals surface area contributed by atoms with Gasteiger partial charge in [0.1, 0.15) is 6.10 Å². The molecule has 0 saturated carbocycles. The summed E-state index contributed by atoms with van der Waals surface area (Å²) in [6.45, 7) is 8.37. The van der Waals surface area contributed by atoms with Crippen molar-refractivity contribution in [3.63, 3.8) is 0 Å². The van der Waals surface area contributed by atoms with Crippen molar-refractivity contribution >= 4 is 17.4 Å². The second kappa shape index (κ2) is 7.83. The van der Waals surface area contributed by atoms with Gasteiger partial charge in [0.15, 0.2) is 11.5 Å². The maximum Gasteiger partial charge on any atom is 0.256 e. The van der Waals surface area contributed by atoms with Gasteiger partial charge < -0.3 is 15.4 Å². The lowest BCUT2D eigenvalue weighted by molar-refractivity contribution is 0.102. The predicted octanol–water partition coefficient (Wildman–Crippen LogP) is 3.41. The first-order chi connectivity index (χ1) is 13.9. The summed E-state index contributed by atoms with van der Waals surface area (Å²) in [6.07, 6.45) is 3.82. The normalized spacial score (nSPS) is 15.4. The van der Waals surface area contributed by atoms with E-state index in [1.165, 1.54) is 5.56 Å². The fourth-order valence-electron chi connectivity index (χ4n) is 3.38. The van der Waals surface area contributed by atoms with E-state index in [4.69, 9.17) is 4.74 Å². The Morgan fingerprint density at radius 2 is 1.86 bits per heavy atom. The summed E-state index contributed by atoms with van der Waals surface area (Å²) in [4.78, 5) is 17.0. The molecule has 3 heterocycles. The minimum atomic E-state index is -0.194. The van der Waals surface area contributed by atoms with Crippen LogP contribution >= 0.6 is 0 Å². The second-order valence-electron chi connectivity index (χ2n) is 8.45. The Balaban J connectivity index is 1.45. The summed E-state index contributed by atoms with van der Waals surface area (Å²) in [5.41, 5.74) is 2.49. The van der Waals surface area contributed by atoms with Crippen LogP contribution < -0.4 is 15.4 Å². The van der Waals surface area contributed by atoms with E-state index >= 15 is 0 Å². The summed E-state index contributed by atoms with van der Waals surface area (Å²) in [7, 11) is 0. The highest BCUT2D eigenvalue weighted by Crippen LogP contribution is 2.22. The zero-order valence-corrected chi connectivity index (χ0v) is 17.1. The van der Waals surface area contributed by atoms with Gasteiger partial charge in [0, 0.05) is 11.6 Å². The molecule has 0 radical (unpaired) electrons. The number of hydrogen-bond acceptors (Lipinski definition) is 5. The van der Waals surface area contributed by atoms with Crippen molar-refractivity contribution in [1.82, 2.24) is 19.9 Å². The van der Waals surface area contributed by atoms with E-state index in [0.717, 1.165) is 25.9 Å². The van der Waals surface area contributed by atoms with Crippen LogP contribution in [0.1, 0.15) is 49.5 Å². The fourth-order valence-corrected chi connectivity index (χ4v) is 3.38. The van der Waals surface area contributed by atoms with E-state index in [1.54, 1.807) is 10.7 Å². The van der Waals surface area contributed by atoms with E-state index < -0.39 is 0 Å². The van der Waals surface area contributed by atoms with Gasteiger partial charge in [-0.15, -0.1) is 5.10 Å². The molecule has 1 aliphatic rings. The van der Waals surface area contributed by atoms with Gasteiger partial charge in [-0.2, -0.15) is 0 Å². The first-order valence-electron chi connectivity index (χ1n) is 10.0. The molecule has 152 valence electrons. The molecule has 7 heteroatoms. The van der Waals surface area contributed by atoms with E-state index in [-0.39, 0.29) is 17.4 Å². The third-order valence-corrected chi connectivity index (χ3v) is 5.12. The molecule has 29 heavy (non-hydrogen) atoms. The van der Waals surface area contributed by atoms with Gasteiger partial charge in [0.05, 0.1) is 6.20 Å². The molecule has 7 nitrogen and oxygen atoms in total. The number of aromatic nitrogens is 3. The Labute approximate surface area is 170 Å². The lowest BCUT2D eigenvalue weighted by atomic mass is 9.87. The first kappa shape index (κ1) is 19.4. The van der Waals surface area contributed by atoms with Crippen molar-refractivity contribution in [1.29, 1.82) is 0 Å². The molecular weight excluding hydrogens is 366 g/mol. The van der Waals surface area contributed by atoms with Crippen LogP contribution in [0.25, 0.3) is 5.65 Å². The SMILES string of the molecule is CC(C)(C)c1ccc(C(=O)Nc2cn3nc(OC4CCNCC4)ccc3n2)cc1. The first-order valence-corrected chi connectivity index (χ1v) is 10.0. The number of amides is 1. The molecule has 0 atom stereocenters. The largest absolute Gasteiger partial charge is 0.473 e. The molecule has 1 amide bonds. The quantitative estimate of drug-likeness (QED) is 0.710. The van der Waals surface area contributed by atoms with Crippen LogP contribution in [0.5, 0.6) is 5.88 Å².